The number of benzene rings is 1. The van der Waals surface area contributed by atoms with Crippen LogP contribution in [0.2, 0.25) is 0 Å². The molecule has 0 unspecified atom stereocenters. The zero-order chi connectivity index (χ0) is 15.0. The highest BCUT2D eigenvalue weighted by molar-refractivity contribution is 5.86. The molecule has 1 rings (SSSR count). The maximum atomic E-state index is 10.9. The van der Waals surface area contributed by atoms with Crippen LogP contribution in [0.15, 0.2) is 42.0 Å². The molecule has 3 nitrogen and oxygen atoms in total. The number of carboxylic acids is 1. The number of carbonyl (C=O) groups is 1. The number of aryl methyl sites for hydroxylation is 1. The van der Waals surface area contributed by atoms with Crippen LogP contribution >= 0.6 is 0 Å². The lowest BCUT2D eigenvalue weighted by Crippen LogP contribution is -2.39. The molecule has 0 amide bonds. The standard InChI is InChI=1S/C17H25NO2/c1-4-15(16(19)20)11-13-18-17(2,3)12-10-14-8-6-5-7-9-14/h5-9,11,18H,4,10,12-13H2,1-3H3,(H,19,20)/b15-11-. The molecular formula is C17H25NO2. The lowest BCUT2D eigenvalue weighted by atomic mass is 9.95. The zero-order valence-corrected chi connectivity index (χ0v) is 12.6. The van der Waals surface area contributed by atoms with E-state index < -0.39 is 5.97 Å². The quantitative estimate of drug-likeness (QED) is 0.715. The van der Waals surface area contributed by atoms with Crippen LogP contribution in [0.4, 0.5) is 0 Å². The van der Waals surface area contributed by atoms with Crippen LogP contribution in [0.25, 0.3) is 0 Å². The smallest absolute Gasteiger partial charge is 0.331 e. The van der Waals surface area contributed by atoms with Crippen LogP contribution in [0.5, 0.6) is 0 Å². The Morgan fingerprint density at radius 3 is 2.50 bits per heavy atom. The van der Waals surface area contributed by atoms with E-state index in [1.807, 2.05) is 13.0 Å². The van der Waals surface area contributed by atoms with E-state index in [0.717, 1.165) is 12.8 Å². The van der Waals surface area contributed by atoms with Crippen molar-refractivity contribution in [2.24, 2.45) is 0 Å². The van der Waals surface area contributed by atoms with Crippen LogP contribution in [-0.2, 0) is 11.2 Å². The van der Waals surface area contributed by atoms with Crippen molar-refractivity contribution in [1.82, 2.24) is 5.32 Å². The predicted octanol–water partition coefficient (Wildman–Crippen LogP) is 3.41. The molecule has 1 aromatic carbocycles. The van der Waals surface area contributed by atoms with E-state index in [4.69, 9.17) is 5.11 Å². The topological polar surface area (TPSA) is 49.3 Å². The summed E-state index contributed by atoms with van der Waals surface area (Å²) in [6.07, 6.45) is 4.36. The van der Waals surface area contributed by atoms with Gasteiger partial charge in [0, 0.05) is 17.7 Å². The number of hydrogen-bond acceptors (Lipinski definition) is 2. The first kappa shape index (κ1) is 16.4. The number of nitrogens with one attached hydrogen (secondary N) is 1. The predicted molar refractivity (Wildman–Crippen MR) is 82.9 cm³/mol. The van der Waals surface area contributed by atoms with Gasteiger partial charge in [0.1, 0.15) is 0 Å². The van der Waals surface area contributed by atoms with E-state index in [1.54, 1.807) is 6.08 Å². The van der Waals surface area contributed by atoms with Crippen molar-refractivity contribution in [3.8, 4) is 0 Å². The second kappa shape index (κ2) is 7.85. The Kier molecular flexibility index (Phi) is 6.46. The lowest BCUT2D eigenvalue weighted by molar-refractivity contribution is -0.132. The van der Waals surface area contributed by atoms with Gasteiger partial charge in [-0.15, -0.1) is 0 Å². The van der Waals surface area contributed by atoms with Crippen molar-refractivity contribution in [1.29, 1.82) is 0 Å². The normalized spacial score (nSPS) is 12.4. The van der Waals surface area contributed by atoms with E-state index in [0.29, 0.717) is 18.5 Å². The van der Waals surface area contributed by atoms with E-state index in [-0.39, 0.29) is 5.54 Å². The van der Waals surface area contributed by atoms with E-state index in [9.17, 15) is 4.79 Å². The molecule has 0 saturated carbocycles. The Balaban J connectivity index is 2.43. The molecule has 0 atom stereocenters. The minimum atomic E-state index is -0.823. The first-order chi connectivity index (χ1) is 9.44. The van der Waals surface area contributed by atoms with Gasteiger partial charge in [-0.2, -0.15) is 0 Å². The van der Waals surface area contributed by atoms with Gasteiger partial charge >= 0.3 is 5.97 Å². The molecule has 0 radical (unpaired) electrons. The van der Waals surface area contributed by atoms with Crippen molar-refractivity contribution in [3.63, 3.8) is 0 Å². The molecule has 110 valence electrons. The molecule has 0 spiro atoms. The Bertz CT molecular complexity index is 449. The van der Waals surface area contributed by atoms with Gasteiger partial charge in [-0.1, -0.05) is 43.3 Å². The lowest BCUT2D eigenvalue weighted by Gasteiger charge is -2.26. The van der Waals surface area contributed by atoms with Crippen molar-refractivity contribution < 1.29 is 9.90 Å². The third kappa shape index (κ3) is 6.02. The highest BCUT2D eigenvalue weighted by atomic mass is 16.4. The van der Waals surface area contributed by atoms with Gasteiger partial charge in [-0.3, -0.25) is 0 Å². The molecule has 0 heterocycles. The van der Waals surface area contributed by atoms with E-state index in [1.165, 1.54) is 5.56 Å². The van der Waals surface area contributed by atoms with Gasteiger partial charge in [-0.25, -0.2) is 4.79 Å². The molecule has 3 heteroatoms. The van der Waals surface area contributed by atoms with Crippen molar-refractivity contribution in [2.75, 3.05) is 6.54 Å². The molecule has 2 N–H and O–H groups in total. The Morgan fingerprint density at radius 2 is 1.95 bits per heavy atom. The molecule has 0 bridgehead atoms. The largest absolute Gasteiger partial charge is 0.478 e. The number of carboxylic acid groups (broad SMARTS) is 1. The fourth-order valence-electron chi connectivity index (χ4n) is 2.02. The summed E-state index contributed by atoms with van der Waals surface area (Å²) < 4.78 is 0. The molecule has 0 aliphatic heterocycles. The van der Waals surface area contributed by atoms with Crippen LogP contribution in [0.3, 0.4) is 0 Å². The summed E-state index contributed by atoms with van der Waals surface area (Å²) >= 11 is 0. The summed E-state index contributed by atoms with van der Waals surface area (Å²) in [5, 5.41) is 12.4. The van der Waals surface area contributed by atoms with Crippen molar-refractivity contribution in [3.05, 3.63) is 47.5 Å². The summed E-state index contributed by atoms with van der Waals surface area (Å²) in [7, 11) is 0. The highest BCUT2D eigenvalue weighted by Gasteiger charge is 2.16. The first-order valence-corrected chi connectivity index (χ1v) is 7.16. The Morgan fingerprint density at radius 1 is 1.30 bits per heavy atom. The fourth-order valence-corrected chi connectivity index (χ4v) is 2.02. The molecule has 0 aliphatic rings. The first-order valence-electron chi connectivity index (χ1n) is 7.16. The number of rotatable bonds is 8. The summed E-state index contributed by atoms with van der Waals surface area (Å²) in [6.45, 7) is 6.75. The monoisotopic (exact) mass is 275 g/mol. The van der Waals surface area contributed by atoms with E-state index >= 15 is 0 Å². The fraction of sp³-hybridized carbons (Fsp3) is 0.471. The maximum Gasteiger partial charge on any atom is 0.331 e. The van der Waals surface area contributed by atoms with Gasteiger partial charge in [0.05, 0.1) is 0 Å². The average molecular weight is 275 g/mol. The van der Waals surface area contributed by atoms with Gasteiger partial charge < -0.3 is 10.4 Å². The highest BCUT2D eigenvalue weighted by Crippen LogP contribution is 2.13. The van der Waals surface area contributed by atoms with Gasteiger partial charge in [0.2, 0.25) is 0 Å². The molecule has 0 aromatic heterocycles. The van der Waals surface area contributed by atoms with E-state index in [2.05, 4.69) is 43.4 Å². The van der Waals surface area contributed by atoms with Crippen molar-refractivity contribution in [2.45, 2.75) is 45.6 Å². The second-order valence-corrected chi connectivity index (χ2v) is 5.64. The SMILES string of the molecule is CC/C(=C/CNC(C)(C)CCc1ccccc1)C(=O)O. The van der Waals surface area contributed by atoms with Crippen LogP contribution < -0.4 is 5.32 Å². The number of aliphatic carboxylic acids is 1. The summed E-state index contributed by atoms with van der Waals surface area (Å²) in [5.41, 5.74) is 1.79. The van der Waals surface area contributed by atoms with Crippen LogP contribution in [0, 0.1) is 0 Å². The van der Waals surface area contributed by atoms with Gasteiger partial charge in [0.25, 0.3) is 0 Å². The third-order valence-corrected chi connectivity index (χ3v) is 3.47. The van der Waals surface area contributed by atoms with Crippen LogP contribution in [0.1, 0.15) is 39.2 Å². The summed E-state index contributed by atoms with van der Waals surface area (Å²) in [6, 6.07) is 10.4. The maximum absolute atomic E-state index is 10.9. The molecule has 0 saturated heterocycles. The zero-order valence-electron chi connectivity index (χ0n) is 12.6. The molecule has 0 aliphatic carbocycles. The molecule has 0 fully saturated rings. The Labute approximate surface area is 121 Å². The van der Waals surface area contributed by atoms with Gasteiger partial charge in [0.15, 0.2) is 0 Å². The second-order valence-electron chi connectivity index (χ2n) is 5.64. The van der Waals surface area contributed by atoms with Crippen LogP contribution in [-0.4, -0.2) is 23.2 Å². The minimum absolute atomic E-state index is 0.0102. The Hall–Kier alpha value is -1.61. The van der Waals surface area contributed by atoms with Gasteiger partial charge in [-0.05, 0) is 38.7 Å². The molecule has 20 heavy (non-hydrogen) atoms. The van der Waals surface area contributed by atoms with Crippen molar-refractivity contribution >= 4 is 5.97 Å². The average Bonchev–Trinajstić information content (AvgIpc) is 2.42. The third-order valence-electron chi connectivity index (χ3n) is 3.47. The molecule has 1 aromatic rings. The minimum Gasteiger partial charge on any atom is -0.478 e. The molecular weight excluding hydrogens is 250 g/mol. The summed E-state index contributed by atoms with van der Waals surface area (Å²) in [4.78, 5) is 10.9. The number of hydrogen-bond donors (Lipinski definition) is 2. The summed E-state index contributed by atoms with van der Waals surface area (Å²) in [5.74, 6) is -0.823.